The Labute approximate surface area is 215 Å². The number of rotatable bonds is 7. The minimum Gasteiger partial charge on any atom is -0.495 e. The van der Waals surface area contributed by atoms with E-state index in [9.17, 15) is 4.79 Å². The van der Waals surface area contributed by atoms with E-state index in [0.29, 0.717) is 38.8 Å². The third-order valence-corrected chi connectivity index (χ3v) is 7.00. The number of methoxy groups -OCH3 is 2. The standard InChI is InChI=1S/C25H20INO4S2/c1-29-20-11-7-6-10-19(20)27-24(28)22(33-25(27)32)14-17-12-18(26)23(21(13-17)30-2)31-15-16-8-4-3-5-9-16/h3-14H,15H2,1-2H3/b22-14+. The van der Waals surface area contributed by atoms with E-state index in [2.05, 4.69) is 22.6 Å². The van der Waals surface area contributed by atoms with Crippen LogP contribution in [0.2, 0.25) is 0 Å². The highest BCUT2D eigenvalue weighted by Crippen LogP contribution is 2.41. The number of benzene rings is 3. The number of carbonyl (C=O) groups is 1. The van der Waals surface area contributed by atoms with E-state index >= 15 is 0 Å². The number of amides is 1. The third-order valence-electron chi connectivity index (χ3n) is 4.90. The second-order valence-corrected chi connectivity index (χ2v) is 9.84. The lowest BCUT2D eigenvalue weighted by Gasteiger charge is -2.17. The summed E-state index contributed by atoms with van der Waals surface area (Å²) >= 11 is 8.98. The molecule has 0 unspecified atom stereocenters. The molecule has 8 heteroatoms. The predicted molar refractivity (Wildman–Crippen MR) is 145 cm³/mol. The van der Waals surface area contributed by atoms with E-state index in [1.165, 1.54) is 16.7 Å². The average molecular weight is 589 g/mol. The predicted octanol–water partition coefficient (Wildman–Crippen LogP) is 6.29. The number of hydrogen-bond acceptors (Lipinski definition) is 6. The van der Waals surface area contributed by atoms with Crippen molar-refractivity contribution in [3.8, 4) is 17.2 Å². The number of nitrogens with zero attached hydrogens (tertiary/aromatic N) is 1. The van der Waals surface area contributed by atoms with Gasteiger partial charge >= 0.3 is 0 Å². The Morgan fingerprint density at radius 1 is 1.00 bits per heavy atom. The Balaban J connectivity index is 1.60. The number of hydrogen-bond donors (Lipinski definition) is 0. The number of carbonyl (C=O) groups excluding carboxylic acids is 1. The molecule has 1 heterocycles. The van der Waals surface area contributed by atoms with Crippen LogP contribution in [-0.2, 0) is 11.4 Å². The monoisotopic (exact) mass is 589 g/mol. The van der Waals surface area contributed by atoms with Crippen LogP contribution in [-0.4, -0.2) is 24.4 Å². The Morgan fingerprint density at radius 2 is 1.70 bits per heavy atom. The molecule has 0 aliphatic carbocycles. The molecule has 0 spiro atoms. The van der Waals surface area contributed by atoms with Gasteiger partial charge in [0.05, 0.1) is 28.4 Å². The van der Waals surface area contributed by atoms with E-state index in [-0.39, 0.29) is 5.91 Å². The first-order chi connectivity index (χ1) is 16.0. The molecule has 1 aliphatic rings. The lowest BCUT2D eigenvalue weighted by Crippen LogP contribution is -2.27. The fraction of sp³-hybridized carbons (Fsp3) is 0.120. The number of anilines is 1. The van der Waals surface area contributed by atoms with Crippen molar-refractivity contribution in [2.24, 2.45) is 0 Å². The second-order valence-electron chi connectivity index (χ2n) is 7.00. The first kappa shape index (κ1) is 23.6. The zero-order valence-corrected chi connectivity index (χ0v) is 21.7. The van der Waals surface area contributed by atoms with Gasteiger partial charge in [-0.1, -0.05) is 66.4 Å². The van der Waals surface area contributed by atoms with Gasteiger partial charge in [-0.3, -0.25) is 9.69 Å². The number of para-hydroxylation sites is 2. The molecule has 0 bridgehead atoms. The number of thioether (sulfide) groups is 1. The summed E-state index contributed by atoms with van der Waals surface area (Å²) in [5.41, 5.74) is 2.52. The molecule has 5 nitrogen and oxygen atoms in total. The summed E-state index contributed by atoms with van der Waals surface area (Å²) in [5.74, 6) is 1.67. The van der Waals surface area contributed by atoms with Crippen molar-refractivity contribution < 1.29 is 19.0 Å². The van der Waals surface area contributed by atoms with Crippen molar-refractivity contribution in [2.75, 3.05) is 19.1 Å². The summed E-state index contributed by atoms with van der Waals surface area (Å²) in [5, 5.41) is 0. The van der Waals surface area contributed by atoms with Crippen molar-refractivity contribution in [3.63, 3.8) is 0 Å². The fourth-order valence-electron chi connectivity index (χ4n) is 3.33. The van der Waals surface area contributed by atoms with Crippen LogP contribution in [0.4, 0.5) is 5.69 Å². The molecular weight excluding hydrogens is 569 g/mol. The lowest BCUT2D eigenvalue weighted by molar-refractivity contribution is -0.113. The first-order valence-corrected chi connectivity index (χ1v) is 12.3. The van der Waals surface area contributed by atoms with Gasteiger partial charge in [-0.25, -0.2) is 0 Å². The molecular formula is C25H20INO4S2. The molecule has 1 aliphatic heterocycles. The quantitative estimate of drug-likeness (QED) is 0.183. The van der Waals surface area contributed by atoms with E-state index in [0.717, 1.165) is 14.7 Å². The molecule has 33 heavy (non-hydrogen) atoms. The lowest BCUT2D eigenvalue weighted by atomic mass is 10.1. The highest BCUT2D eigenvalue weighted by atomic mass is 127. The van der Waals surface area contributed by atoms with Crippen LogP contribution in [0.15, 0.2) is 71.6 Å². The largest absolute Gasteiger partial charge is 0.495 e. The molecule has 168 valence electrons. The molecule has 0 aromatic heterocycles. The summed E-state index contributed by atoms with van der Waals surface area (Å²) in [6, 6.07) is 21.1. The molecule has 1 amide bonds. The van der Waals surface area contributed by atoms with Crippen molar-refractivity contribution in [3.05, 3.63) is 86.3 Å². The molecule has 1 fully saturated rings. The molecule has 1 saturated heterocycles. The topological polar surface area (TPSA) is 48.0 Å². The van der Waals surface area contributed by atoms with E-state index in [4.69, 9.17) is 26.4 Å². The van der Waals surface area contributed by atoms with Crippen LogP contribution >= 0.6 is 46.6 Å². The van der Waals surface area contributed by atoms with Gasteiger partial charge in [0.2, 0.25) is 0 Å². The van der Waals surface area contributed by atoms with Crippen molar-refractivity contribution in [2.45, 2.75) is 6.61 Å². The molecule has 3 aromatic rings. The van der Waals surface area contributed by atoms with Crippen LogP contribution < -0.4 is 19.1 Å². The smallest absolute Gasteiger partial charge is 0.270 e. The van der Waals surface area contributed by atoms with Crippen molar-refractivity contribution in [1.82, 2.24) is 0 Å². The SMILES string of the molecule is COc1ccccc1N1C(=O)/C(=C\c2cc(I)c(OCc3ccccc3)c(OC)c2)SC1=S. The van der Waals surface area contributed by atoms with Gasteiger partial charge in [-0.15, -0.1) is 0 Å². The number of thiocarbonyl (C=S) groups is 1. The van der Waals surface area contributed by atoms with Gasteiger partial charge < -0.3 is 14.2 Å². The highest BCUT2D eigenvalue weighted by molar-refractivity contribution is 14.1. The van der Waals surface area contributed by atoms with Gasteiger partial charge in [-0.2, -0.15) is 0 Å². The fourth-order valence-corrected chi connectivity index (χ4v) is 5.40. The van der Waals surface area contributed by atoms with E-state index in [1.54, 1.807) is 20.3 Å². The molecule has 4 rings (SSSR count). The summed E-state index contributed by atoms with van der Waals surface area (Å²) in [4.78, 5) is 15.2. The molecule has 0 radical (unpaired) electrons. The Bertz CT molecular complexity index is 1230. The van der Waals surface area contributed by atoms with Crippen LogP contribution in [0.3, 0.4) is 0 Å². The minimum atomic E-state index is -0.187. The Kier molecular flexibility index (Phi) is 7.56. The molecule has 0 atom stereocenters. The zero-order valence-electron chi connectivity index (χ0n) is 17.9. The maximum Gasteiger partial charge on any atom is 0.270 e. The summed E-state index contributed by atoms with van der Waals surface area (Å²) in [7, 11) is 3.17. The van der Waals surface area contributed by atoms with Crippen LogP contribution in [0.5, 0.6) is 17.2 Å². The number of halogens is 1. The van der Waals surface area contributed by atoms with Crippen molar-refractivity contribution in [1.29, 1.82) is 0 Å². The normalized spacial score (nSPS) is 14.6. The van der Waals surface area contributed by atoms with Crippen LogP contribution in [0.25, 0.3) is 6.08 Å². The van der Waals surface area contributed by atoms with Crippen LogP contribution in [0, 0.1) is 3.57 Å². The van der Waals surface area contributed by atoms with E-state index in [1.807, 2.05) is 66.7 Å². The summed E-state index contributed by atoms with van der Waals surface area (Å²) in [6.07, 6.45) is 1.82. The molecule has 3 aromatic carbocycles. The van der Waals surface area contributed by atoms with Crippen LogP contribution in [0.1, 0.15) is 11.1 Å². The maximum atomic E-state index is 13.2. The Hall–Kier alpha value is -2.56. The number of ether oxygens (including phenoxy) is 3. The van der Waals surface area contributed by atoms with E-state index < -0.39 is 0 Å². The average Bonchev–Trinajstić information content (AvgIpc) is 3.11. The van der Waals surface area contributed by atoms with Gasteiger partial charge in [0.15, 0.2) is 15.8 Å². The van der Waals surface area contributed by atoms with Gasteiger partial charge in [-0.05, 0) is 64.1 Å². The van der Waals surface area contributed by atoms with Gasteiger partial charge in [0.1, 0.15) is 12.4 Å². The summed E-state index contributed by atoms with van der Waals surface area (Å²) < 4.78 is 18.4. The Morgan fingerprint density at radius 3 is 2.42 bits per heavy atom. The van der Waals surface area contributed by atoms with Gasteiger partial charge in [0, 0.05) is 0 Å². The molecule has 0 N–H and O–H groups in total. The third kappa shape index (κ3) is 5.18. The van der Waals surface area contributed by atoms with Crippen molar-refractivity contribution >= 4 is 68.6 Å². The highest BCUT2D eigenvalue weighted by Gasteiger charge is 2.35. The zero-order chi connectivity index (χ0) is 23.4. The minimum absolute atomic E-state index is 0.187. The molecule has 0 saturated carbocycles. The van der Waals surface area contributed by atoms with Gasteiger partial charge in [0.25, 0.3) is 5.91 Å². The second kappa shape index (κ2) is 10.6. The first-order valence-electron chi connectivity index (χ1n) is 9.97. The summed E-state index contributed by atoms with van der Waals surface area (Å²) in [6.45, 7) is 0.435. The maximum absolute atomic E-state index is 13.2.